The fourth-order valence-electron chi connectivity index (χ4n) is 2.57. The van der Waals surface area contributed by atoms with Gasteiger partial charge in [0, 0.05) is 18.8 Å². The Bertz CT molecular complexity index is 467. The Balaban J connectivity index is 1.90. The molecule has 2 rings (SSSR count). The maximum absolute atomic E-state index is 5.97. The van der Waals surface area contributed by atoms with Crippen molar-refractivity contribution in [1.29, 1.82) is 0 Å². The Hall–Kier alpha value is -1.55. The van der Waals surface area contributed by atoms with Gasteiger partial charge in [-0.3, -0.25) is 4.99 Å². The van der Waals surface area contributed by atoms with Crippen molar-refractivity contribution in [3.63, 3.8) is 0 Å². The number of anilines is 1. The van der Waals surface area contributed by atoms with Gasteiger partial charge < -0.3 is 16.0 Å². The fourth-order valence-corrected chi connectivity index (χ4v) is 2.57. The summed E-state index contributed by atoms with van der Waals surface area (Å²) >= 11 is 0. The van der Waals surface area contributed by atoms with Crippen molar-refractivity contribution in [2.75, 3.05) is 32.0 Å². The minimum atomic E-state index is 0.514. The molecule has 110 valence electrons. The van der Waals surface area contributed by atoms with E-state index in [0.29, 0.717) is 17.8 Å². The number of benzene rings is 1. The molecular weight excluding hydrogens is 248 g/mol. The van der Waals surface area contributed by atoms with E-state index in [0.717, 1.165) is 18.8 Å². The summed E-state index contributed by atoms with van der Waals surface area (Å²) in [6, 6.07) is 8.35. The number of rotatable bonds is 4. The van der Waals surface area contributed by atoms with Crippen LogP contribution in [0.25, 0.3) is 0 Å². The molecule has 3 N–H and O–H groups in total. The van der Waals surface area contributed by atoms with Crippen LogP contribution in [0.2, 0.25) is 0 Å². The van der Waals surface area contributed by atoms with Gasteiger partial charge in [0.05, 0.1) is 0 Å². The standard InChI is InChI=1S/C16H26N4/c1-12(2)14-5-4-6-15(9-14)19-16(17)18-10-13-7-8-20(3)11-13/h4-6,9,12-13H,7-8,10-11H2,1-3H3,(H3,17,18,19). The van der Waals surface area contributed by atoms with Gasteiger partial charge in [-0.2, -0.15) is 0 Å². The molecule has 1 atom stereocenters. The number of hydrogen-bond acceptors (Lipinski definition) is 2. The summed E-state index contributed by atoms with van der Waals surface area (Å²) in [7, 11) is 2.16. The van der Waals surface area contributed by atoms with Gasteiger partial charge in [-0.05, 0) is 49.5 Å². The Labute approximate surface area is 122 Å². The highest BCUT2D eigenvalue weighted by Crippen LogP contribution is 2.18. The average Bonchev–Trinajstić information content (AvgIpc) is 2.82. The van der Waals surface area contributed by atoms with E-state index in [-0.39, 0.29) is 0 Å². The number of nitrogens with zero attached hydrogens (tertiary/aromatic N) is 2. The topological polar surface area (TPSA) is 53.6 Å². The molecule has 0 spiro atoms. The Morgan fingerprint density at radius 1 is 1.50 bits per heavy atom. The van der Waals surface area contributed by atoms with Gasteiger partial charge in [0.25, 0.3) is 0 Å². The van der Waals surface area contributed by atoms with Crippen LogP contribution in [0.4, 0.5) is 5.69 Å². The molecule has 1 heterocycles. The second kappa shape index (κ2) is 6.75. The molecule has 1 fully saturated rings. The number of likely N-dealkylation sites (tertiary alicyclic amines) is 1. The number of nitrogens with two attached hydrogens (primary N) is 1. The van der Waals surface area contributed by atoms with Crippen LogP contribution in [0.5, 0.6) is 0 Å². The van der Waals surface area contributed by atoms with E-state index < -0.39 is 0 Å². The van der Waals surface area contributed by atoms with E-state index in [1.807, 2.05) is 6.07 Å². The molecule has 1 aromatic carbocycles. The lowest BCUT2D eigenvalue weighted by Crippen LogP contribution is -2.24. The van der Waals surface area contributed by atoms with Gasteiger partial charge >= 0.3 is 0 Å². The molecule has 20 heavy (non-hydrogen) atoms. The first-order chi connectivity index (χ1) is 9.54. The maximum atomic E-state index is 5.97. The zero-order valence-electron chi connectivity index (χ0n) is 12.8. The van der Waals surface area contributed by atoms with Crippen molar-refractivity contribution in [3.8, 4) is 0 Å². The van der Waals surface area contributed by atoms with Gasteiger partial charge in [0.2, 0.25) is 0 Å². The molecule has 0 radical (unpaired) electrons. The number of aliphatic imine (C=N–C) groups is 1. The van der Waals surface area contributed by atoms with Crippen molar-refractivity contribution >= 4 is 11.6 Å². The lowest BCUT2D eigenvalue weighted by molar-refractivity contribution is 0.397. The van der Waals surface area contributed by atoms with E-state index >= 15 is 0 Å². The molecule has 1 aliphatic heterocycles. The van der Waals surface area contributed by atoms with Crippen LogP contribution in [-0.2, 0) is 0 Å². The van der Waals surface area contributed by atoms with Crippen LogP contribution in [0, 0.1) is 5.92 Å². The fraction of sp³-hybridized carbons (Fsp3) is 0.562. The second-order valence-electron chi connectivity index (χ2n) is 6.05. The van der Waals surface area contributed by atoms with Crippen molar-refractivity contribution in [3.05, 3.63) is 29.8 Å². The quantitative estimate of drug-likeness (QED) is 0.655. The molecule has 1 saturated heterocycles. The first-order valence-electron chi connectivity index (χ1n) is 7.40. The normalized spacial score (nSPS) is 20.6. The van der Waals surface area contributed by atoms with Crippen LogP contribution in [0.15, 0.2) is 29.3 Å². The summed E-state index contributed by atoms with van der Waals surface area (Å²) in [5, 5.41) is 3.19. The minimum Gasteiger partial charge on any atom is -0.370 e. The van der Waals surface area contributed by atoms with Gasteiger partial charge in [-0.1, -0.05) is 26.0 Å². The molecule has 4 heteroatoms. The third-order valence-electron chi connectivity index (χ3n) is 3.83. The molecule has 0 aliphatic carbocycles. The van der Waals surface area contributed by atoms with Gasteiger partial charge in [-0.15, -0.1) is 0 Å². The van der Waals surface area contributed by atoms with Crippen LogP contribution >= 0.6 is 0 Å². The predicted octanol–water partition coefficient (Wildman–Crippen LogP) is 2.49. The lowest BCUT2D eigenvalue weighted by atomic mass is 10.0. The summed E-state index contributed by atoms with van der Waals surface area (Å²) in [6.07, 6.45) is 1.22. The van der Waals surface area contributed by atoms with Crippen LogP contribution < -0.4 is 11.1 Å². The highest BCUT2D eigenvalue weighted by Gasteiger charge is 2.18. The Kier molecular flexibility index (Phi) is 5.01. The molecule has 1 unspecified atom stereocenters. The molecule has 1 aromatic rings. The average molecular weight is 274 g/mol. The zero-order valence-corrected chi connectivity index (χ0v) is 12.8. The zero-order chi connectivity index (χ0) is 14.5. The smallest absolute Gasteiger partial charge is 0.193 e. The van der Waals surface area contributed by atoms with Gasteiger partial charge in [0.15, 0.2) is 5.96 Å². The van der Waals surface area contributed by atoms with Crippen LogP contribution in [0.1, 0.15) is 31.7 Å². The highest BCUT2D eigenvalue weighted by atomic mass is 15.1. The SMILES string of the molecule is CC(C)c1cccc(NC(N)=NCC2CCN(C)C2)c1. The van der Waals surface area contributed by atoms with E-state index in [1.165, 1.54) is 18.5 Å². The van der Waals surface area contributed by atoms with Gasteiger partial charge in [-0.25, -0.2) is 0 Å². The van der Waals surface area contributed by atoms with Crippen LogP contribution in [-0.4, -0.2) is 37.5 Å². The summed E-state index contributed by atoms with van der Waals surface area (Å²) < 4.78 is 0. The first kappa shape index (κ1) is 14.9. The monoisotopic (exact) mass is 274 g/mol. The molecule has 0 bridgehead atoms. The number of nitrogens with one attached hydrogen (secondary N) is 1. The summed E-state index contributed by atoms with van der Waals surface area (Å²) in [4.78, 5) is 6.81. The molecule has 4 nitrogen and oxygen atoms in total. The number of hydrogen-bond donors (Lipinski definition) is 2. The van der Waals surface area contributed by atoms with Gasteiger partial charge in [0.1, 0.15) is 0 Å². The molecule has 0 saturated carbocycles. The number of guanidine groups is 1. The van der Waals surface area contributed by atoms with Crippen LogP contribution in [0.3, 0.4) is 0 Å². The first-order valence-corrected chi connectivity index (χ1v) is 7.40. The largest absolute Gasteiger partial charge is 0.370 e. The highest BCUT2D eigenvalue weighted by molar-refractivity contribution is 5.92. The summed E-state index contributed by atoms with van der Waals surface area (Å²) in [6.45, 7) is 7.48. The van der Waals surface area contributed by atoms with E-state index in [9.17, 15) is 0 Å². The van der Waals surface area contributed by atoms with E-state index in [1.54, 1.807) is 0 Å². The predicted molar refractivity (Wildman–Crippen MR) is 86.2 cm³/mol. The van der Waals surface area contributed by atoms with E-state index in [4.69, 9.17) is 5.73 Å². The molecule has 0 aromatic heterocycles. The Morgan fingerprint density at radius 2 is 2.30 bits per heavy atom. The second-order valence-corrected chi connectivity index (χ2v) is 6.05. The van der Waals surface area contributed by atoms with E-state index in [2.05, 4.69) is 54.3 Å². The van der Waals surface area contributed by atoms with Crippen molar-refractivity contribution in [1.82, 2.24) is 4.90 Å². The molecule has 1 aliphatic rings. The minimum absolute atomic E-state index is 0.514. The third kappa shape index (κ3) is 4.23. The summed E-state index contributed by atoms with van der Waals surface area (Å²) in [5.74, 6) is 1.67. The third-order valence-corrected chi connectivity index (χ3v) is 3.83. The summed E-state index contributed by atoms with van der Waals surface area (Å²) in [5.41, 5.74) is 8.29. The van der Waals surface area contributed by atoms with Crippen molar-refractivity contribution in [2.45, 2.75) is 26.2 Å². The van der Waals surface area contributed by atoms with Crippen molar-refractivity contribution in [2.24, 2.45) is 16.6 Å². The lowest BCUT2D eigenvalue weighted by Gasteiger charge is -2.11. The van der Waals surface area contributed by atoms with Crippen molar-refractivity contribution < 1.29 is 0 Å². The Morgan fingerprint density at radius 3 is 2.95 bits per heavy atom. The maximum Gasteiger partial charge on any atom is 0.193 e. The molecule has 0 amide bonds. The molecular formula is C16H26N4.